The van der Waals surface area contributed by atoms with Gasteiger partial charge >= 0.3 is 5.97 Å². The molecule has 0 aliphatic heterocycles. The lowest BCUT2D eigenvalue weighted by Gasteiger charge is -2.24. The van der Waals surface area contributed by atoms with Crippen molar-refractivity contribution >= 4 is 27.3 Å². The molecule has 0 aliphatic rings. The molecule has 0 atom stereocenters. The van der Waals surface area contributed by atoms with E-state index < -0.39 is 21.6 Å². The fourth-order valence-corrected chi connectivity index (χ4v) is 4.07. The topological polar surface area (TPSA) is 96.8 Å². The van der Waals surface area contributed by atoms with E-state index in [0.717, 1.165) is 22.8 Å². The third kappa shape index (κ3) is 3.72. The van der Waals surface area contributed by atoms with Gasteiger partial charge in [-0.3, -0.25) is 0 Å². The van der Waals surface area contributed by atoms with Gasteiger partial charge in [-0.25, -0.2) is 18.2 Å². The van der Waals surface area contributed by atoms with Crippen molar-refractivity contribution in [3.8, 4) is 0 Å². The smallest absolute Gasteiger partial charge is 0.358 e. The highest BCUT2D eigenvalue weighted by Crippen LogP contribution is 2.24. The molecule has 7 nitrogen and oxygen atoms in total. The Morgan fingerprint density at radius 2 is 2.16 bits per heavy atom. The van der Waals surface area contributed by atoms with Crippen LogP contribution in [0.3, 0.4) is 0 Å². The van der Waals surface area contributed by atoms with Crippen molar-refractivity contribution in [3.63, 3.8) is 0 Å². The largest absolute Gasteiger partial charge is 0.464 e. The molecule has 1 aromatic heterocycles. The monoisotopic (exact) mass is 308 g/mol. The summed E-state index contributed by atoms with van der Waals surface area (Å²) in [7, 11) is -1.41. The van der Waals surface area contributed by atoms with Gasteiger partial charge in [0.15, 0.2) is 9.90 Å². The average molecular weight is 308 g/mol. The van der Waals surface area contributed by atoms with Crippen LogP contribution in [0.1, 0.15) is 24.3 Å². The highest BCUT2D eigenvalue weighted by molar-refractivity contribution is 7.91. The average Bonchev–Trinajstić information content (AvgIpc) is 2.74. The first-order valence-electron chi connectivity index (χ1n) is 5.30. The molecule has 0 fully saturated rings. The number of rotatable bonds is 5. The Morgan fingerprint density at radius 3 is 2.63 bits per heavy atom. The molecule has 0 bridgehead atoms. The number of carbonyl (C=O) groups is 1. The van der Waals surface area contributed by atoms with E-state index in [1.54, 1.807) is 0 Å². The minimum atomic E-state index is -3.89. The summed E-state index contributed by atoms with van der Waals surface area (Å²) in [5.41, 5.74) is -0.162. The van der Waals surface area contributed by atoms with Crippen LogP contribution >= 0.6 is 11.3 Å². The second kappa shape index (κ2) is 5.53. The van der Waals surface area contributed by atoms with Gasteiger partial charge in [0, 0.05) is 13.6 Å². The fraction of sp³-hybridized carbons (Fsp3) is 0.600. The number of esters is 1. The third-order valence-corrected chi connectivity index (χ3v) is 5.32. The van der Waals surface area contributed by atoms with Crippen LogP contribution in [0.25, 0.3) is 0 Å². The summed E-state index contributed by atoms with van der Waals surface area (Å²) >= 11 is 0.831. The molecule has 108 valence electrons. The molecular weight excluding hydrogens is 292 g/mol. The third-order valence-electron chi connectivity index (χ3n) is 2.17. The van der Waals surface area contributed by atoms with Gasteiger partial charge in [-0.15, -0.1) is 11.3 Å². The van der Waals surface area contributed by atoms with Crippen molar-refractivity contribution in [1.82, 2.24) is 9.29 Å². The zero-order valence-corrected chi connectivity index (χ0v) is 12.7. The lowest BCUT2D eigenvalue weighted by molar-refractivity contribution is 0.0590. The second-order valence-electron chi connectivity index (χ2n) is 4.55. The van der Waals surface area contributed by atoms with Crippen molar-refractivity contribution in [2.24, 2.45) is 0 Å². The summed E-state index contributed by atoms with van der Waals surface area (Å²) in [6.45, 7) is 2.88. The van der Waals surface area contributed by atoms with Gasteiger partial charge in [-0.2, -0.15) is 4.31 Å². The summed E-state index contributed by atoms with van der Waals surface area (Å²) in [5, 5.41) is 9.66. The van der Waals surface area contributed by atoms with E-state index >= 15 is 0 Å². The van der Waals surface area contributed by atoms with Crippen molar-refractivity contribution in [2.75, 3.05) is 20.7 Å². The number of hydrogen-bond donors (Lipinski definition) is 1. The zero-order valence-electron chi connectivity index (χ0n) is 11.1. The van der Waals surface area contributed by atoms with Crippen molar-refractivity contribution in [1.29, 1.82) is 0 Å². The van der Waals surface area contributed by atoms with E-state index in [4.69, 9.17) is 0 Å². The van der Waals surface area contributed by atoms with Crippen molar-refractivity contribution in [2.45, 2.75) is 23.7 Å². The van der Waals surface area contributed by atoms with Crippen LogP contribution in [0.4, 0.5) is 0 Å². The van der Waals surface area contributed by atoms with E-state index in [1.807, 2.05) is 0 Å². The Hall–Kier alpha value is -1.03. The van der Waals surface area contributed by atoms with Crippen LogP contribution in [0.2, 0.25) is 0 Å². The van der Waals surface area contributed by atoms with Gasteiger partial charge in [-0.05, 0) is 13.8 Å². The Bertz CT molecular complexity index is 559. The van der Waals surface area contributed by atoms with Crippen LogP contribution in [0, 0.1) is 0 Å². The van der Waals surface area contributed by atoms with Gasteiger partial charge in [-0.1, -0.05) is 0 Å². The summed E-state index contributed by atoms with van der Waals surface area (Å²) < 4.78 is 29.9. The molecule has 1 N–H and O–H groups in total. The van der Waals surface area contributed by atoms with E-state index in [1.165, 1.54) is 26.4 Å². The van der Waals surface area contributed by atoms with Crippen LogP contribution in [-0.2, 0) is 14.8 Å². The van der Waals surface area contributed by atoms with Gasteiger partial charge in [0.05, 0.1) is 18.2 Å². The number of likely N-dealkylation sites (N-methyl/N-ethyl adjacent to an activating group) is 1. The number of carbonyl (C=O) groups excluding carboxylic acids is 1. The number of sulfonamides is 1. The standard InChI is InChI=1S/C10H16N2O5S2/c1-10(2,14)5-12(3)19(15,16)9-7(8(13)17-4)11-6-18-9/h6,14H,5H2,1-4H3. The van der Waals surface area contributed by atoms with E-state index in [0.29, 0.717) is 0 Å². The first kappa shape index (κ1) is 16.0. The molecule has 0 aromatic carbocycles. The molecule has 0 radical (unpaired) electrons. The molecule has 1 heterocycles. The predicted octanol–water partition coefficient (Wildman–Crippen LogP) is 0.321. The Morgan fingerprint density at radius 1 is 1.58 bits per heavy atom. The number of methoxy groups -OCH3 is 1. The van der Waals surface area contributed by atoms with Gasteiger partial charge in [0.2, 0.25) is 0 Å². The Balaban J connectivity index is 3.15. The highest BCUT2D eigenvalue weighted by Gasteiger charge is 2.32. The molecule has 0 aliphatic carbocycles. The fourth-order valence-electron chi connectivity index (χ4n) is 1.42. The summed E-state index contributed by atoms with van der Waals surface area (Å²) in [4.78, 5) is 15.1. The molecule has 9 heteroatoms. The molecule has 0 amide bonds. The maximum atomic E-state index is 12.3. The Labute approximate surface area is 115 Å². The summed E-state index contributed by atoms with van der Waals surface area (Å²) in [6.07, 6.45) is 0. The normalized spacial score (nSPS) is 12.7. The predicted molar refractivity (Wildman–Crippen MR) is 69.6 cm³/mol. The molecule has 19 heavy (non-hydrogen) atoms. The lowest BCUT2D eigenvalue weighted by atomic mass is 10.1. The zero-order chi connectivity index (χ0) is 14.8. The number of nitrogens with zero attached hydrogens (tertiary/aromatic N) is 2. The van der Waals surface area contributed by atoms with Gasteiger partial charge in [0.25, 0.3) is 10.0 Å². The quantitative estimate of drug-likeness (QED) is 0.787. The first-order chi connectivity index (χ1) is 8.59. The molecule has 0 unspecified atom stereocenters. The Kier molecular flexibility index (Phi) is 4.67. The van der Waals surface area contributed by atoms with Crippen LogP contribution in [0.15, 0.2) is 9.72 Å². The van der Waals surface area contributed by atoms with Crippen molar-refractivity contribution in [3.05, 3.63) is 11.2 Å². The maximum Gasteiger partial charge on any atom is 0.358 e. The number of ether oxygens (including phenoxy) is 1. The van der Waals surface area contributed by atoms with Gasteiger partial charge < -0.3 is 9.84 Å². The maximum absolute atomic E-state index is 12.3. The SMILES string of the molecule is COC(=O)c1ncsc1S(=O)(=O)N(C)CC(C)(C)O. The van der Waals surface area contributed by atoms with Crippen LogP contribution in [-0.4, -0.2) is 55.1 Å². The lowest BCUT2D eigenvalue weighted by Crippen LogP contribution is -2.39. The number of hydrogen-bond acceptors (Lipinski definition) is 7. The minimum absolute atomic E-state index is 0.103. The van der Waals surface area contributed by atoms with Crippen LogP contribution in [0.5, 0.6) is 0 Å². The first-order valence-corrected chi connectivity index (χ1v) is 7.62. The van der Waals surface area contributed by atoms with E-state index in [9.17, 15) is 18.3 Å². The molecule has 1 rings (SSSR count). The van der Waals surface area contributed by atoms with Crippen LogP contribution < -0.4 is 0 Å². The summed E-state index contributed by atoms with van der Waals surface area (Å²) in [5.74, 6) is -0.809. The van der Waals surface area contributed by atoms with Gasteiger partial charge in [0.1, 0.15) is 0 Å². The minimum Gasteiger partial charge on any atom is -0.464 e. The molecule has 0 saturated carbocycles. The highest BCUT2D eigenvalue weighted by atomic mass is 32.2. The number of thiazole rings is 1. The van der Waals surface area contributed by atoms with Crippen molar-refractivity contribution < 1.29 is 23.1 Å². The molecule has 1 aromatic rings. The van der Waals surface area contributed by atoms with E-state index in [2.05, 4.69) is 9.72 Å². The molecule has 0 spiro atoms. The number of aromatic nitrogens is 1. The summed E-state index contributed by atoms with van der Waals surface area (Å²) in [6, 6.07) is 0. The molecular formula is C10H16N2O5S2. The second-order valence-corrected chi connectivity index (χ2v) is 7.65. The number of aliphatic hydroxyl groups is 1. The van der Waals surface area contributed by atoms with E-state index in [-0.39, 0.29) is 16.4 Å². The molecule has 0 saturated heterocycles.